The van der Waals surface area contributed by atoms with Crippen molar-refractivity contribution in [3.8, 4) is 0 Å². The molecule has 0 fully saturated rings. The average Bonchev–Trinajstić information content (AvgIpc) is 3.09. The highest BCUT2D eigenvalue weighted by Crippen LogP contribution is 2.20. The van der Waals surface area contributed by atoms with Crippen LogP contribution in [0.1, 0.15) is 50.9 Å². The van der Waals surface area contributed by atoms with Gasteiger partial charge in [0.2, 0.25) is 5.91 Å². The molecule has 1 amide bonds. The predicted molar refractivity (Wildman–Crippen MR) is 92.7 cm³/mol. The van der Waals surface area contributed by atoms with Crippen LogP contribution in [0.4, 0.5) is 0 Å². The van der Waals surface area contributed by atoms with Crippen molar-refractivity contribution < 1.29 is 9.21 Å². The lowest BCUT2D eigenvalue weighted by Gasteiger charge is -2.26. The molecule has 3 nitrogen and oxygen atoms in total. The summed E-state index contributed by atoms with van der Waals surface area (Å²) in [4.78, 5) is 14.9. The lowest BCUT2D eigenvalue weighted by molar-refractivity contribution is -0.137. The highest BCUT2D eigenvalue weighted by molar-refractivity contribution is 5.78. The van der Waals surface area contributed by atoms with Gasteiger partial charge in [0.05, 0.1) is 12.8 Å². The van der Waals surface area contributed by atoms with E-state index in [2.05, 4.69) is 26.0 Å². The van der Waals surface area contributed by atoms with E-state index in [1.165, 1.54) is 0 Å². The monoisotopic (exact) mass is 313 g/mol. The first kappa shape index (κ1) is 17.3. The SMILES string of the molecule is CCCCC(CC)C(=O)N(Cc1ccccc1)Cc1ccco1. The van der Waals surface area contributed by atoms with Crippen molar-refractivity contribution in [1.29, 1.82) is 0 Å². The van der Waals surface area contributed by atoms with Crippen molar-refractivity contribution in [2.24, 2.45) is 5.92 Å². The van der Waals surface area contributed by atoms with Crippen LogP contribution in [-0.2, 0) is 17.9 Å². The second-order valence-electron chi connectivity index (χ2n) is 6.01. The lowest BCUT2D eigenvalue weighted by atomic mass is 9.97. The van der Waals surface area contributed by atoms with Gasteiger partial charge in [0, 0.05) is 12.5 Å². The zero-order valence-electron chi connectivity index (χ0n) is 14.2. The Morgan fingerprint density at radius 1 is 1.09 bits per heavy atom. The third-order valence-electron chi connectivity index (χ3n) is 4.20. The van der Waals surface area contributed by atoms with Crippen molar-refractivity contribution >= 4 is 5.91 Å². The minimum atomic E-state index is 0.105. The molecule has 1 unspecified atom stereocenters. The van der Waals surface area contributed by atoms with Crippen molar-refractivity contribution in [1.82, 2.24) is 4.90 Å². The molecule has 2 rings (SSSR count). The van der Waals surface area contributed by atoms with Crippen LogP contribution >= 0.6 is 0 Å². The number of hydrogen-bond donors (Lipinski definition) is 0. The van der Waals surface area contributed by atoms with E-state index in [4.69, 9.17) is 4.42 Å². The second kappa shape index (κ2) is 9.19. The van der Waals surface area contributed by atoms with Crippen LogP contribution in [0.3, 0.4) is 0 Å². The first-order valence-electron chi connectivity index (χ1n) is 8.59. The van der Waals surface area contributed by atoms with Gasteiger partial charge in [0.15, 0.2) is 0 Å². The largest absolute Gasteiger partial charge is 0.467 e. The Hall–Kier alpha value is -2.03. The summed E-state index contributed by atoms with van der Waals surface area (Å²) in [7, 11) is 0. The van der Waals surface area contributed by atoms with Crippen LogP contribution in [0.25, 0.3) is 0 Å². The molecule has 1 atom stereocenters. The Labute approximate surface area is 139 Å². The van der Waals surface area contributed by atoms with E-state index in [9.17, 15) is 4.79 Å². The topological polar surface area (TPSA) is 33.5 Å². The number of rotatable bonds is 9. The van der Waals surface area contributed by atoms with E-state index >= 15 is 0 Å². The van der Waals surface area contributed by atoms with Crippen LogP contribution in [-0.4, -0.2) is 10.8 Å². The van der Waals surface area contributed by atoms with Crippen molar-refractivity contribution in [2.75, 3.05) is 0 Å². The zero-order valence-corrected chi connectivity index (χ0v) is 14.2. The zero-order chi connectivity index (χ0) is 16.5. The van der Waals surface area contributed by atoms with Gasteiger partial charge < -0.3 is 9.32 Å². The summed E-state index contributed by atoms with van der Waals surface area (Å²) in [6.45, 7) is 5.43. The van der Waals surface area contributed by atoms with Crippen molar-refractivity contribution in [2.45, 2.75) is 52.6 Å². The van der Waals surface area contributed by atoms with Crippen LogP contribution in [0.15, 0.2) is 53.1 Å². The third-order valence-corrected chi connectivity index (χ3v) is 4.20. The Kier molecular flexibility index (Phi) is 6.92. The summed E-state index contributed by atoms with van der Waals surface area (Å²) < 4.78 is 5.45. The standard InChI is InChI=1S/C20H27NO2/c1-3-5-12-18(4-2)20(22)21(16-19-13-9-14-23-19)15-17-10-7-6-8-11-17/h6-11,13-14,18H,3-5,12,15-16H2,1-2H3. The molecular formula is C20H27NO2. The van der Waals surface area contributed by atoms with E-state index in [0.717, 1.165) is 37.0 Å². The minimum Gasteiger partial charge on any atom is -0.467 e. The summed E-state index contributed by atoms with van der Waals surface area (Å²) in [6.07, 6.45) is 5.75. The average molecular weight is 313 g/mol. The Bertz CT molecular complexity index is 563. The molecule has 0 spiro atoms. The van der Waals surface area contributed by atoms with Gasteiger partial charge in [-0.1, -0.05) is 57.0 Å². The minimum absolute atomic E-state index is 0.105. The first-order chi connectivity index (χ1) is 11.2. The molecule has 1 aromatic heterocycles. The molecule has 3 heteroatoms. The van der Waals surface area contributed by atoms with Gasteiger partial charge in [0.1, 0.15) is 5.76 Å². The summed E-state index contributed by atoms with van der Waals surface area (Å²) in [5.41, 5.74) is 1.15. The van der Waals surface area contributed by atoms with E-state index in [0.29, 0.717) is 13.1 Å². The molecule has 23 heavy (non-hydrogen) atoms. The van der Waals surface area contributed by atoms with Crippen molar-refractivity contribution in [3.63, 3.8) is 0 Å². The molecule has 0 aliphatic rings. The Morgan fingerprint density at radius 3 is 2.48 bits per heavy atom. The van der Waals surface area contributed by atoms with Gasteiger partial charge >= 0.3 is 0 Å². The maximum absolute atomic E-state index is 13.0. The van der Waals surface area contributed by atoms with E-state index in [-0.39, 0.29) is 11.8 Å². The summed E-state index contributed by atoms with van der Waals surface area (Å²) in [5.74, 6) is 1.18. The number of carbonyl (C=O) groups is 1. The molecule has 0 N–H and O–H groups in total. The Balaban J connectivity index is 2.12. The Morgan fingerprint density at radius 2 is 1.87 bits per heavy atom. The van der Waals surface area contributed by atoms with Gasteiger partial charge in [-0.2, -0.15) is 0 Å². The maximum atomic E-state index is 13.0. The molecule has 124 valence electrons. The van der Waals surface area contributed by atoms with Gasteiger partial charge in [0.25, 0.3) is 0 Å². The van der Waals surface area contributed by atoms with Gasteiger partial charge in [-0.3, -0.25) is 4.79 Å². The normalized spacial score (nSPS) is 12.1. The number of furan rings is 1. The van der Waals surface area contributed by atoms with E-state index < -0.39 is 0 Å². The summed E-state index contributed by atoms with van der Waals surface area (Å²) in [6, 6.07) is 14.0. The summed E-state index contributed by atoms with van der Waals surface area (Å²) in [5, 5.41) is 0. The van der Waals surface area contributed by atoms with Crippen molar-refractivity contribution in [3.05, 3.63) is 60.1 Å². The number of hydrogen-bond acceptors (Lipinski definition) is 2. The number of carbonyl (C=O) groups excluding carboxylic acids is 1. The molecule has 1 aromatic carbocycles. The number of unbranched alkanes of at least 4 members (excludes halogenated alkanes) is 1. The quantitative estimate of drug-likeness (QED) is 0.651. The molecule has 1 heterocycles. The van der Waals surface area contributed by atoms with Crippen LogP contribution in [0.2, 0.25) is 0 Å². The molecule has 2 aromatic rings. The van der Waals surface area contributed by atoms with Crippen LogP contribution in [0, 0.1) is 5.92 Å². The fourth-order valence-corrected chi connectivity index (χ4v) is 2.82. The number of amides is 1. The fraction of sp³-hybridized carbons (Fsp3) is 0.450. The molecule has 0 aliphatic carbocycles. The van der Waals surface area contributed by atoms with Gasteiger partial charge in [-0.15, -0.1) is 0 Å². The highest BCUT2D eigenvalue weighted by atomic mass is 16.3. The van der Waals surface area contributed by atoms with Gasteiger partial charge in [-0.05, 0) is 30.5 Å². The summed E-state index contributed by atoms with van der Waals surface area (Å²) >= 11 is 0. The van der Waals surface area contributed by atoms with E-state index in [1.54, 1.807) is 6.26 Å². The number of benzene rings is 1. The highest BCUT2D eigenvalue weighted by Gasteiger charge is 2.23. The van der Waals surface area contributed by atoms with Crippen LogP contribution in [0.5, 0.6) is 0 Å². The molecule has 0 bridgehead atoms. The van der Waals surface area contributed by atoms with E-state index in [1.807, 2.05) is 35.2 Å². The molecule has 0 saturated carbocycles. The lowest BCUT2D eigenvalue weighted by Crippen LogP contribution is -2.35. The van der Waals surface area contributed by atoms with Crippen LogP contribution < -0.4 is 0 Å². The van der Waals surface area contributed by atoms with Gasteiger partial charge in [-0.25, -0.2) is 0 Å². The molecule has 0 saturated heterocycles. The molecular weight excluding hydrogens is 286 g/mol. The molecule has 0 aliphatic heterocycles. The maximum Gasteiger partial charge on any atom is 0.226 e. The predicted octanol–water partition coefficient (Wildman–Crippen LogP) is 5.02. The first-order valence-corrected chi connectivity index (χ1v) is 8.59. The smallest absolute Gasteiger partial charge is 0.226 e. The number of nitrogens with zero attached hydrogens (tertiary/aromatic N) is 1. The molecule has 0 radical (unpaired) electrons. The second-order valence-corrected chi connectivity index (χ2v) is 6.01. The fourth-order valence-electron chi connectivity index (χ4n) is 2.82. The third kappa shape index (κ3) is 5.27.